The van der Waals surface area contributed by atoms with Gasteiger partial charge in [0.2, 0.25) is 5.91 Å². The number of amides is 1. The lowest BCUT2D eigenvalue weighted by Gasteiger charge is -2.10. The zero-order valence-electron chi connectivity index (χ0n) is 15.7. The number of nitrogens with zero attached hydrogens (tertiary/aromatic N) is 2. The highest BCUT2D eigenvalue weighted by molar-refractivity contribution is 7.83. The first-order valence-corrected chi connectivity index (χ1v) is 11.5. The minimum atomic E-state index is -0.987. The van der Waals surface area contributed by atoms with Gasteiger partial charge in [-0.1, -0.05) is 17.7 Å². The number of carbonyl (C=O) groups excluding carboxylic acids is 1. The normalized spacial score (nSPS) is 12.3. The minimum absolute atomic E-state index is 0.107. The van der Waals surface area contributed by atoms with Crippen molar-refractivity contribution in [3.05, 3.63) is 55.9 Å². The van der Waals surface area contributed by atoms with Crippen LogP contribution in [0.5, 0.6) is 0 Å². The molecule has 2 heterocycles. The van der Waals surface area contributed by atoms with Crippen LogP contribution in [-0.4, -0.2) is 25.9 Å². The van der Waals surface area contributed by atoms with Crippen molar-refractivity contribution in [2.75, 3.05) is 11.6 Å². The van der Waals surface area contributed by atoms with Gasteiger partial charge in [-0.2, -0.15) is 0 Å². The fourth-order valence-corrected chi connectivity index (χ4v) is 4.66. The predicted molar refractivity (Wildman–Crippen MR) is 116 cm³/mol. The van der Waals surface area contributed by atoms with E-state index in [0.717, 1.165) is 20.8 Å². The second kappa shape index (κ2) is 8.55. The summed E-state index contributed by atoms with van der Waals surface area (Å²) in [7, 11) is -0.987. The molecule has 6 nitrogen and oxygen atoms in total. The van der Waals surface area contributed by atoms with Crippen LogP contribution in [0.25, 0.3) is 10.2 Å². The van der Waals surface area contributed by atoms with Crippen LogP contribution in [0.1, 0.15) is 22.4 Å². The molecule has 0 radical (unpaired) electrons. The summed E-state index contributed by atoms with van der Waals surface area (Å²) in [5, 5.41) is 3.79. The molecule has 1 unspecified atom stereocenters. The number of halogens is 1. The first kappa shape index (κ1) is 20.7. The molecule has 28 heavy (non-hydrogen) atoms. The molecule has 0 aliphatic rings. The molecule has 0 saturated carbocycles. The number of benzene rings is 1. The molecule has 1 atom stereocenters. The molecule has 9 heteroatoms. The van der Waals surface area contributed by atoms with E-state index in [9.17, 15) is 13.8 Å². The molecule has 0 saturated heterocycles. The zero-order valence-corrected chi connectivity index (χ0v) is 18.1. The number of hydrogen-bond donors (Lipinski definition) is 1. The van der Waals surface area contributed by atoms with E-state index in [1.165, 1.54) is 22.2 Å². The largest absolute Gasteiger partial charge is 0.325 e. The molecule has 1 amide bonds. The first-order valence-electron chi connectivity index (χ1n) is 8.59. The number of hydrogen-bond acceptors (Lipinski definition) is 5. The number of fused-ring (bicyclic) bond motifs is 1. The second-order valence-corrected chi connectivity index (χ2v) is 9.58. The number of thiophene rings is 1. The van der Waals surface area contributed by atoms with Crippen molar-refractivity contribution in [1.82, 2.24) is 9.55 Å². The molecule has 0 aliphatic carbocycles. The molecule has 0 aliphatic heterocycles. The molecule has 3 aromatic rings. The maximum absolute atomic E-state index is 12.7. The van der Waals surface area contributed by atoms with Crippen molar-refractivity contribution >= 4 is 55.5 Å². The van der Waals surface area contributed by atoms with E-state index in [-0.39, 0.29) is 24.4 Å². The summed E-state index contributed by atoms with van der Waals surface area (Å²) >= 11 is 7.64. The average molecular weight is 438 g/mol. The number of rotatable bonds is 6. The lowest BCUT2D eigenvalue weighted by atomic mass is 10.2. The Kier molecular flexibility index (Phi) is 6.32. The highest BCUT2D eigenvalue weighted by Gasteiger charge is 2.13. The Morgan fingerprint density at radius 3 is 2.82 bits per heavy atom. The van der Waals surface area contributed by atoms with Crippen LogP contribution < -0.4 is 10.9 Å². The number of anilines is 1. The summed E-state index contributed by atoms with van der Waals surface area (Å²) in [5.41, 5.74) is 2.10. The van der Waals surface area contributed by atoms with Crippen LogP contribution in [0.4, 0.5) is 5.69 Å². The summed E-state index contributed by atoms with van der Waals surface area (Å²) < 4.78 is 12.9. The smallest absolute Gasteiger partial charge is 0.262 e. The van der Waals surface area contributed by atoms with Gasteiger partial charge in [0.15, 0.2) is 0 Å². The Morgan fingerprint density at radius 2 is 2.11 bits per heavy atom. The molecule has 3 rings (SSSR count). The van der Waals surface area contributed by atoms with E-state index in [2.05, 4.69) is 10.3 Å². The van der Waals surface area contributed by atoms with Crippen LogP contribution >= 0.6 is 22.9 Å². The standard InChI is InChI=1S/C19H20ClN3O3S2/c1-11-12(2)27-18-17(11)19(25)23(10-21-18)7-6-16(24)22-15-8-13(9-28(3)26)4-5-14(15)20/h4-5,8,10H,6-7,9H2,1-3H3,(H,22,24). The van der Waals surface area contributed by atoms with Crippen molar-refractivity contribution in [1.29, 1.82) is 0 Å². The maximum Gasteiger partial charge on any atom is 0.262 e. The summed E-state index contributed by atoms with van der Waals surface area (Å²) in [4.78, 5) is 31.2. The third kappa shape index (κ3) is 4.51. The Balaban J connectivity index is 1.72. The quantitative estimate of drug-likeness (QED) is 0.638. The lowest BCUT2D eigenvalue weighted by Crippen LogP contribution is -2.23. The van der Waals surface area contributed by atoms with Crippen LogP contribution in [0.3, 0.4) is 0 Å². The Bertz CT molecular complexity index is 1140. The van der Waals surface area contributed by atoms with E-state index < -0.39 is 10.8 Å². The third-order valence-corrected chi connectivity index (χ3v) is 6.60. The van der Waals surface area contributed by atoms with Crippen LogP contribution in [0.2, 0.25) is 5.02 Å². The van der Waals surface area contributed by atoms with Gasteiger partial charge in [-0.15, -0.1) is 11.3 Å². The highest BCUT2D eigenvalue weighted by atomic mass is 35.5. The van der Waals surface area contributed by atoms with E-state index in [4.69, 9.17) is 11.6 Å². The van der Waals surface area contributed by atoms with Gasteiger partial charge in [0, 0.05) is 40.7 Å². The number of aryl methyl sites for hydroxylation is 3. The van der Waals surface area contributed by atoms with Gasteiger partial charge in [-0.05, 0) is 37.1 Å². The molecule has 0 spiro atoms. The first-order chi connectivity index (χ1) is 13.3. The van der Waals surface area contributed by atoms with Gasteiger partial charge in [-0.25, -0.2) is 4.98 Å². The van der Waals surface area contributed by atoms with E-state index >= 15 is 0 Å². The van der Waals surface area contributed by atoms with E-state index in [0.29, 0.717) is 21.8 Å². The summed E-state index contributed by atoms with van der Waals surface area (Å²) in [6.07, 6.45) is 3.21. The Hall–Kier alpha value is -2.03. The van der Waals surface area contributed by atoms with E-state index in [1.54, 1.807) is 24.5 Å². The highest BCUT2D eigenvalue weighted by Crippen LogP contribution is 2.26. The second-order valence-electron chi connectivity index (χ2n) is 6.54. The van der Waals surface area contributed by atoms with Crippen molar-refractivity contribution in [2.24, 2.45) is 0 Å². The molecule has 2 aromatic heterocycles. The third-order valence-electron chi connectivity index (χ3n) is 4.41. The Morgan fingerprint density at radius 1 is 1.36 bits per heavy atom. The molecule has 0 bridgehead atoms. The number of nitrogens with one attached hydrogen (secondary N) is 1. The Labute approximate surface area is 174 Å². The fraction of sp³-hybridized carbons (Fsp3) is 0.316. The molecular weight excluding hydrogens is 418 g/mol. The van der Waals surface area contributed by atoms with Gasteiger partial charge in [-0.3, -0.25) is 18.4 Å². The number of aromatic nitrogens is 2. The summed E-state index contributed by atoms with van der Waals surface area (Å²) in [6.45, 7) is 4.09. The van der Waals surface area contributed by atoms with Gasteiger partial charge in [0.25, 0.3) is 5.56 Å². The predicted octanol–water partition coefficient (Wildman–Crippen LogP) is 3.64. The molecule has 1 N–H and O–H groups in total. The maximum atomic E-state index is 12.7. The van der Waals surface area contributed by atoms with Crippen molar-refractivity contribution in [3.63, 3.8) is 0 Å². The van der Waals surface area contributed by atoms with Crippen molar-refractivity contribution < 1.29 is 9.00 Å². The van der Waals surface area contributed by atoms with Gasteiger partial charge >= 0.3 is 0 Å². The fourth-order valence-electron chi connectivity index (χ4n) is 2.86. The number of carbonyl (C=O) groups is 1. The van der Waals surface area contributed by atoms with Gasteiger partial charge in [0.1, 0.15) is 4.83 Å². The molecule has 1 aromatic carbocycles. The zero-order chi connectivity index (χ0) is 20.4. The summed E-state index contributed by atoms with van der Waals surface area (Å²) in [6, 6.07) is 5.17. The van der Waals surface area contributed by atoms with Gasteiger partial charge in [0.05, 0.1) is 22.4 Å². The molecular formula is C19H20ClN3O3S2. The SMILES string of the molecule is Cc1sc2ncn(CCC(=O)Nc3cc(CS(C)=O)ccc3Cl)c(=O)c2c1C. The van der Waals surface area contributed by atoms with Crippen LogP contribution in [-0.2, 0) is 27.9 Å². The van der Waals surface area contributed by atoms with Crippen molar-refractivity contribution in [2.45, 2.75) is 32.6 Å². The lowest BCUT2D eigenvalue weighted by molar-refractivity contribution is -0.116. The van der Waals surface area contributed by atoms with Gasteiger partial charge < -0.3 is 5.32 Å². The average Bonchev–Trinajstić information content (AvgIpc) is 2.92. The van der Waals surface area contributed by atoms with Crippen LogP contribution in [0, 0.1) is 13.8 Å². The monoisotopic (exact) mass is 437 g/mol. The topological polar surface area (TPSA) is 81.1 Å². The van der Waals surface area contributed by atoms with Crippen molar-refractivity contribution in [3.8, 4) is 0 Å². The molecule has 0 fully saturated rings. The summed E-state index contributed by atoms with van der Waals surface area (Å²) in [5.74, 6) is 0.127. The van der Waals surface area contributed by atoms with Crippen LogP contribution in [0.15, 0.2) is 29.3 Å². The van der Waals surface area contributed by atoms with E-state index in [1.807, 2.05) is 13.8 Å². The molecule has 148 valence electrons. The minimum Gasteiger partial charge on any atom is -0.325 e.